The number of benzene rings is 1. The summed E-state index contributed by atoms with van der Waals surface area (Å²) < 4.78 is 15.2. The first-order valence-electron chi connectivity index (χ1n) is 9.80. The van der Waals surface area contributed by atoms with Crippen molar-refractivity contribution in [3.05, 3.63) is 53.6 Å². The zero-order valence-corrected chi connectivity index (χ0v) is 16.1. The maximum atomic E-state index is 13.6. The number of hydrogen-bond donors (Lipinski definition) is 0. The number of carbonyl (C=O) groups excluding carboxylic acids is 2. The van der Waals surface area contributed by atoms with E-state index in [1.54, 1.807) is 16.9 Å². The Morgan fingerprint density at radius 3 is 2.93 bits per heavy atom. The van der Waals surface area contributed by atoms with Gasteiger partial charge in [-0.1, -0.05) is 12.1 Å². The largest absolute Gasteiger partial charge is 0.339 e. The summed E-state index contributed by atoms with van der Waals surface area (Å²) in [6.45, 7) is 3.74. The molecule has 4 rings (SSSR count). The average molecular weight is 384 g/mol. The Hall–Kier alpha value is -2.70. The lowest BCUT2D eigenvalue weighted by atomic mass is 9.98. The average Bonchev–Trinajstić information content (AvgIpc) is 3.23. The van der Waals surface area contributed by atoms with Crippen LogP contribution >= 0.6 is 0 Å². The van der Waals surface area contributed by atoms with Gasteiger partial charge in [0.1, 0.15) is 12.4 Å². The Morgan fingerprint density at radius 1 is 1.32 bits per heavy atom. The highest BCUT2D eigenvalue weighted by Crippen LogP contribution is 2.31. The summed E-state index contributed by atoms with van der Waals surface area (Å²) in [5.41, 5.74) is 1.80. The van der Waals surface area contributed by atoms with Gasteiger partial charge in [0, 0.05) is 32.3 Å². The fourth-order valence-electron chi connectivity index (χ4n) is 4.37. The lowest BCUT2D eigenvalue weighted by molar-refractivity contribution is -0.135. The van der Waals surface area contributed by atoms with Crippen molar-refractivity contribution in [2.45, 2.75) is 45.3 Å². The van der Waals surface area contributed by atoms with Crippen LogP contribution in [0.3, 0.4) is 0 Å². The molecule has 2 aliphatic rings. The molecule has 28 heavy (non-hydrogen) atoms. The topological polar surface area (TPSA) is 58.4 Å². The van der Waals surface area contributed by atoms with E-state index in [1.165, 1.54) is 12.1 Å². The molecule has 0 bridgehead atoms. The Labute approximate surface area is 163 Å². The number of likely N-dealkylation sites (tertiary alicyclic amines) is 2. The van der Waals surface area contributed by atoms with Crippen LogP contribution in [0.5, 0.6) is 0 Å². The van der Waals surface area contributed by atoms with Gasteiger partial charge in [0.25, 0.3) is 0 Å². The monoisotopic (exact) mass is 384 g/mol. The minimum absolute atomic E-state index is 0.0124. The number of aryl methyl sites for hydroxylation is 1. The standard InChI is InChI=1S/C21H25FN4O2/c1-15-9-23-25(10-15)14-21(28)24-12-17-5-3-7-20(27)26(19(17)13-24)11-16-4-2-6-18(22)8-16/h2,4,6,8-10,17,19H,3,5,7,11-14H2,1H3. The van der Waals surface area contributed by atoms with Crippen molar-refractivity contribution >= 4 is 11.8 Å². The number of nitrogens with zero attached hydrogens (tertiary/aromatic N) is 4. The summed E-state index contributed by atoms with van der Waals surface area (Å²) in [7, 11) is 0. The molecule has 0 aliphatic carbocycles. The first-order chi connectivity index (χ1) is 13.5. The summed E-state index contributed by atoms with van der Waals surface area (Å²) in [5, 5.41) is 4.19. The highest BCUT2D eigenvalue weighted by molar-refractivity contribution is 5.78. The van der Waals surface area contributed by atoms with Crippen molar-refractivity contribution in [3.63, 3.8) is 0 Å². The fraction of sp³-hybridized carbons (Fsp3) is 0.476. The van der Waals surface area contributed by atoms with Gasteiger partial charge in [-0.3, -0.25) is 14.3 Å². The van der Waals surface area contributed by atoms with Gasteiger partial charge in [0.05, 0.1) is 12.2 Å². The van der Waals surface area contributed by atoms with Crippen molar-refractivity contribution in [3.8, 4) is 0 Å². The molecule has 7 heteroatoms. The predicted octanol–water partition coefficient (Wildman–Crippen LogP) is 2.37. The number of hydrogen-bond acceptors (Lipinski definition) is 3. The summed E-state index contributed by atoms with van der Waals surface area (Å²) in [6, 6.07) is 6.38. The molecule has 6 nitrogen and oxygen atoms in total. The van der Waals surface area contributed by atoms with Crippen LogP contribution in [-0.2, 0) is 22.7 Å². The quantitative estimate of drug-likeness (QED) is 0.813. The number of carbonyl (C=O) groups is 2. The van der Waals surface area contributed by atoms with E-state index in [1.807, 2.05) is 29.0 Å². The molecule has 2 amide bonds. The van der Waals surface area contributed by atoms with Crippen LogP contribution in [0.2, 0.25) is 0 Å². The van der Waals surface area contributed by atoms with Crippen LogP contribution < -0.4 is 0 Å². The van der Waals surface area contributed by atoms with Crippen molar-refractivity contribution in [1.29, 1.82) is 0 Å². The molecule has 2 aromatic rings. The van der Waals surface area contributed by atoms with E-state index in [2.05, 4.69) is 5.10 Å². The first kappa shape index (κ1) is 18.7. The number of halogens is 1. The van der Waals surface area contributed by atoms with Crippen molar-refractivity contribution in [1.82, 2.24) is 19.6 Å². The first-order valence-corrected chi connectivity index (χ1v) is 9.80. The molecule has 1 aromatic heterocycles. The van der Waals surface area contributed by atoms with Crippen LogP contribution in [0.1, 0.15) is 30.4 Å². The highest BCUT2D eigenvalue weighted by atomic mass is 19.1. The molecule has 2 unspecified atom stereocenters. The number of aromatic nitrogens is 2. The number of fused-ring (bicyclic) bond motifs is 1. The molecule has 2 atom stereocenters. The van der Waals surface area contributed by atoms with E-state index in [-0.39, 0.29) is 36.1 Å². The highest BCUT2D eigenvalue weighted by Gasteiger charge is 2.41. The molecule has 2 aliphatic heterocycles. The normalized spacial score (nSPS) is 22.3. The second-order valence-corrected chi connectivity index (χ2v) is 7.89. The van der Waals surface area contributed by atoms with Gasteiger partial charge in [-0.15, -0.1) is 0 Å². The molecule has 148 valence electrons. The zero-order valence-electron chi connectivity index (χ0n) is 16.1. The smallest absolute Gasteiger partial charge is 0.244 e. The summed E-state index contributed by atoms with van der Waals surface area (Å²) in [6.07, 6.45) is 5.87. The molecule has 0 saturated carbocycles. The SMILES string of the molecule is Cc1cnn(CC(=O)N2CC3CCCC(=O)N(Cc4cccc(F)c4)C3C2)c1. The van der Waals surface area contributed by atoms with Gasteiger partial charge in [-0.05, 0) is 48.9 Å². The van der Waals surface area contributed by atoms with Gasteiger partial charge in [0.2, 0.25) is 11.8 Å². The van der Waals surface area contributed by atoms with Crippen LogP contribution in [0, 0.1) is 18.7 Å². The molecule has 3 heterocycles. The van der Waals surface area contributed by atoms with Gasteiger partial charge in [0.15, 0.2) is 0 Å². The molecule has 2 fully saturated rings. The zero-order chi connectivity index (χ0) is 19.7. The summed E-state index contributed by atoms with van der Waals surface area (Å²) >= 11 is 0. The number of rotatable bonds is 4. The Morgan fingerprint density at radius 2 is 2.18 bits per heavy atom. The third-order valence-electron chi connectivity index (χ3n) is 5.75. The van der Waals surface area contributed by atoms with E-state index < -0.39 is 0 Å². The molecule has 2 saturated heterocycles. The Bertz CT molecular complexity index is 881. The molecular weight excluding hydrogens is 359 g/mol. The van der Waals surface area contributed by atoms with Gasteiger partial charge in [-0.25, -0.2) is 4.39 Å². The van der Waals surface area contributed by atoms with Crippen molar-refractivity contribution in [2.24, 2.45) is 5.92 Å². The van der Waals surface area contributed by atoms with Gasteiger partial charge >= 0.3 is 0 Å². The van der Waals surface area contributed by atoms with Crippen LogP contribution in [-0.4, -0.2) is 50.5 Å². The number of amides is 2. The lowest BCUT2D eigenvalue weighted by Crippen LogP contribution is -2.43. The van der Waals surface area contributed by atoms with Crippen LogP contribution in [0.25, 0.3) is 0 Å². The van der Waals surface area contributed by atoms with Crippen molar-refractivity contribution < 1.29 is 14.0 Å². The van der Waals surface area contributed by atoms with Crippen LogP contribution in [0.15, 0.2) is 36.7 Å². The van der Waals surface area contributed by atoms with Gasteiger partial charge in [-0.2, -0.15) is 5.10 Å². The molecule has 0 spiro atoms. The van der Waals surface area contributed by atoms with E-state index in [4.69, 9.17) is 0 Å². The molecule has 0 N–H and O–H groups in total. The summed E-state index contributed by atoms with van der Waals surface area (Å²) in [4.78, 5) is 29.2. The molecule has 0 radical (unpaired) electrons. The van der Waals surface area contributed by atoms with E-state index in [0.29, 0.717) is 26.1 Å². The lowest BCUT2D eigenvalue weighted by Gasteiger charge is -2.30. The third-order valence-corrected chi connectivity index (χ3v) is 5.75. The molecule has 1 aromatic carbocycles. The second kappa shape index (κ2) is 7.73. The van der Waals surface area contributed by atoms with Crippen molar-refractivity contribution in [2.75, 3.05) is 13.1 Å². The second-order valence-electron chi connectivity index (χ2n) is 7.89. The minimum atomic E-state index is -0.297. The maximum Gasteiger partial charge on any atom is 0.244 e. The minimum Gasteiger partial charge on any atom is -0.339 e. The van der Waals surface area contributed by atoms with E-state index in [9.17, 15) is 14.0 Å². The maximum absolute atomic E-state index is 13.6. The van der Waals surface area contributed by atoms with Gasteiger partial charge < -0.3 is 9.80 Å². The predicted molar refractivity (Wildman–Crippen MR) is 102 cm³/mol. The fourth-order valence-corrected chi connectivity index (χ4v) is 4.37. The summed E-state index contributed by atoms with van der Waals surface area (Å²) in [5.74, 6) is 0.0838. The Balaban J connectivity index is 1.49. The third kappa shape index (κ3) is 3.93. The molecular formula is C21H25FN4O2. The van der Waals surface area contributed by atoms with E-state index >= 15 is 0 Å². The van der Waals surface area contributed by atoms with Crippen LogP contribution in [0.4, 0.5) is 4.39 Å². The van der Waals surface area contributed by atoms with E-state index in [0.717, 1.165) is 24.0 Å². The Kier molecular flexibility index (Phi) is 5.15.